The molecule has 0 radical (unpaired) electrons. The van der Waals surface area contributed by atoms with Gasteiger partial charge in [-0.15, -0.1) is 0 Å². The Morgan fingerprint density at radius 1 is 1.10 bits per heavy atom. The molecule has 154 valence electrons. The lowest BCUT2D eigenvalue weighted by molar-refractivity contribution is -0.131. The molecule has 2 saturated heterocycles. The molecule has 3 aliphatic heterocycles. The van der Waals surface area contributed by atoms with E-state index in [2.05, 4.69) is 50.9 Å². The first-order valence-corrected chi connectivity index (χ1v) is 11.9. The predicted molar refractivity (Wildman–Crippen MR) is 116 cm³/mol. The minimum Gasteiger partial charge on any atom is -0.487 e. The van der Waals surface area contributed by atoms with Gasteiger partial charge in [0.05, 0.1) is 0 Å². The maximum absolute atomic E-state index is 12.9. The summed E-state index contributed by atoms with van der Waals surface area (Å²) in [6.45, 7) is 5.03. The van der Waals surface area contributed by atoms with Gasteiger partial charge in [-0.2, -0.15) is 11.3 Å². The molecule has 5 heteroatoms. The molecule has 5 rings (SSSR count). The lowest BCUT2D eigenvalue weighted by Gasteiger charge is -2.47. The van der Waals surface area contributed by atoms with Crippen molar-refractivity contribution in [1.29, 1.82) is 0 Å². The second-order valence-electron chi connectivity index (χ2n) is 8.92. The first kappa shape index (κ1) is 19.1. The number of piperidine rings is 1. The van der Waals surface area contributed by atoms with E-state index in [1.807, 2.05) is 0 Å². The number of thiophene rings is 1. The number of amides is 1. The molecular weight excluding hydrogens is 380 g/mol. The fourth-order valence-corrected chi connectivity index (χ4v) is 5.96. The number of hydrogen-bond acceptors (Lipinski definition) is 4. The van der Waals surface area contributed by atoms with Crippen LogP contribution in [-0.2, 0) is 11.3 Å². The molecule has 1 atom stereocenters. The topological polar surface area (TPSA) is 32.8 Å². The van der Waals surface area contributed by atoms with Gasteiger partial charge in [-0.1, -0.05) is 18.2 Å². The van der Waals surface area contributed by atoms with Crippen LogP contribution < -0.4 is 4.74 Å². The third-order valence-corrected chi connectivity index (χ3v) is 7.67. The molecule has 0 bridgehead atoms. The standard InChI is InChI=1S/C24H30N2O2S/c27-23(26-10-3-4-11-26)15-20-16-24(28-22-6-2-1-5-21(20)22)8-12-25(13-9-24)17-19-7-14-29-18-19/h1-2,5-7,14,18,20H,3-4,8-13,15-17H2/t20-/m1/s1. The molecular formula is C24H30N2O2S. The molecule has 0 N–H and O–H groups in total. The number of likely N-dealkylation sites (tertiary alicyclic amines) is 2. The Morgan fingerprint density at radius 2 is 1.90 bits per heavy atom. The first-order chi connectivity index (χ1) is 14.2. The number of hydrogen-bond donors (Lipinski definition) is 0. The Hall–Kier alpha value is -1.85. The highest BCUT2D eigenvalue weighted by molar-refractivity contribution is 7.07. The molecule has 4 nitrogen and oxygen atoms in total. The average molecular weight is 411 g/mol. The van der Waals surface area contributed by atoms with Crippen LogP contribution in [0.15, 0.2) is 41.1 Å². The fourth-order valence-electron chi connectivity index (χ4n) is 5.30. The van der Waals surface area contributed by atoms with Crippen LogP contribution in [0.3, 0.4) is 0 Å². The number of benzene rings is 1. The van der Waals surface area contributed by atoms with Crippen LogP contribution in [0.25, 0.3) is 0 Å². The summed E-state index contributed by atoms with van der Waals surface area (Å²) < 4.78 is 6.63. The summed E-state index contributed by atoms with van der Waals surface area (Å²) in [6, 6.07) is 10.6. The van der Waals surface area contributed by atoms with Crippen LogP contribution in [0.5, 0.6) is 5.75 Å². The number of rotatable bonds is 4. The summed E-state index contributed by atoms with van der Waals surface area (Å²) >= 11 is 1.77. The number of fused-ring (bicyclic) bond motifs is 1. The molecule has 29 heavy (non-hydrogen) atoms. The second kappa shape index (κ2) is 8.11. The smallest absolute Gasteiger partial charge is 0.223 e. The van der Waals surface area contributed by atoms with Gasteiger partial charge in [0.15, 0.2) is 0 Å². The van der Waals surface area contributed by atoms with Gasteiger partial charge in [0.25, 0.3) is 0 Å². The number of carbonyl (C=O) groups excluding carboxylic acids is 1. The van der Waals surface area contributed by atoms with E-state index in [0.717, 1.165) is 70.6 Å². The minimum atomic E-state index is -0.116. The number of carbonyl (C=O) groups is 1. The van der Waals surface area contributed by atoms with Crippen molar-refractivity contribution in [3.8, 4) is 5.75 Å². The molecule has 4 heterocycles. The Morgan fingerprint density at radius 3 is 2.66 bits per heavy atom. The molecule has 3 aliphatic rings. The van der Waals surface area contributed by atoms with Gasteiger partial charge in [0.1, 0.15) is 11.4 Å². The average Bonchev–Trinajstić information content (AvgIpc) is 3.44. The van der Waals surface area contributed by atoms with Crippen molar-refractivity contribution in [2.24, 2.45) is 0 Å². The quantitative estimate of drug-likeness (QED) is 0.735. The van der Waals surface area contributed by atoms with Crippen molar-refractivity contribution in [3.05, 3.63) is 52.2 Å². The summed E-state index contributed by atoms with van der Waals surface area (Å²) in [6.07, 6.45) is 5.98. The van der Waals surface area contributed by atoms with Gasteiger partial charge in [-0.05, 0) is 66.1 Å². The van der Waals surface area contributed by atoms with Gasteiger partial charge in [-0.25, -0.2) is 0 Å². The highest BCUT2D eigenvalue weighted by Gasteiger charge is 2.43. The van der Waals surface area contributed by atoms with Crippen molar-refractivity contribution in [3.63, 3.8) is 0 Å². The maximum atomic E-state index is 12.9. The second-order valence-corrected chi connectivity index (χ2v) is 9.70. The lowest BCUT2D eigenvalue weighted by atomic mass is 9.76. The van der Waals surface area contributed by atoms with E-state index in [1.54, 1.807) is 11.3 Å². The van der Waals surface area contributed by atoms with E-state index in [0.29, 0.717) is 12.3 Å². The maximum Gasteiger partial charge on any atom is 0.223 e. The zero-order chi connectivity index (χ0) is 19.7. The Kier molecular flexibility index (Phi) is 5.35. The number of para-hydroxylation sites is 1. The van der Waals surface area contributed by atoms with E-state index in [4.69, 9.17) is 4.74 Å². The molecule has 0 unspecified atom stereocenters. The normalized spacial score (nSPS) is 23.7. The van der Waals surface area contributed by atoms with E-state index in [9.17, 15) is 4.79 Å². The van der Waals surface area contributed by atoms with Gasteiger partial charge >= 0.3 is 0 Å². The Bertz CT molecular complexity index is 836. The van der Waals surface area contributed by atoms with E-state index in [1.165, 1.54) is 11.1 Å². The van der Waals surface area contributed by atoms with Crippen LogP contribution in [0.2, 0.25) is 0 Å². The molecule has 0 aliphatic carbocycles. The van der Waals surface area contributed by atoms with Gasteiger partial charge in [0, 0.05) is 45.1 Å². The third-order valence-electron chi connectivity index (χ3n) is 6.94. The van der Waals surface area contributed by atoms with Crippen molar-refractivity contribution < 1.29 is 9.53 Å². The molecule has 2 aromatic rings. The molecule has 1 aromatic heterocycles. The summed E-state index contributed by atoms with van der Waals surface area (Å²) in [7, 11) is 0. The molecule has 0 saturated carbocycles. The van der Waals surface area contributed by atoms with Gasteiger partial charge < -0.3 is 9.64 Å². The van der Waals surface area contributed by atoms with E-state index >= 15 is 0 Å². The van der Waals surface area contributed by atoms with Crippen molar-refractivity contribution in [1.82, 2.24) is 9.80 Å². The zero-order valence-corrected chi connectivity index (χ0v) is 17.8. The van der Waals surface area contributed by atoms with Crippen molar-refractivity contribution in [2.75, 3.05) is 26.2 Å². The zero-order valence-electron chi connectivity index (χ0n) is 17.0. The van der Waals surface area contributed by atoms with E-state index < -0.39 is 0 Å². The van der Waals surface area contributed by atoms with Crippen LogP contribution in [0.4, 0.5) is 0 Å². The summed E-state index contributed by atoms with van der Waals surface area (Å²) in [5, 5.41) is 4.40. The highest BCUT2D eigenvalue weighted by Crippen LogP contribution is 2.46. The van der Waals surface area contributed by atoms with Gasteiger partial charge in [0.2, 0.25) is 5.91 Å². The van der Waals surface area contributed by atoms with Gasteiger partial charge in [-0.3, -0.25) is 9.69 Å². The summed E-state index contributed by atoms with van der Waals surface area (Å²) in [5.74, 6) is 1.61. The molecule has 2 fully saturated rings. The van der Waals surface area contributed by atoms with E-state index in [-0.39, 0.29) is 11.5 Å². The summed E-state index contributed by atoms with van der Waals surface area (Å²) in [4.78, 5) is 17.5. The lowest BCUT2D eigenvalue weighted by Crippen LogP contribution is -2.50. The molecule has 1 spiro atoms. The van der Waals surface area contributed by atoms with Crippen LogP contribution in [0, 0.1) is 0 Å². The number of ether oxygens (including phenoxy) is 1. The third kappa shape index (κ3) is 4.08. The Balaban J connectivity index is 1.29. The predicted octanol–water partition coefficient (Wildman–Crippen LogP) is 4.66. The monoisotopic (exact) mass is 410 g/mol. The SMILES string of the molecule is O=C(C[C@@H]1CC2(CCN(Cc3ccsc3)CC2)Oc2ccccc21)N1CCCC1. The Labute approximate surface area is 177 Å². The number of nitrogens with zero attached hydrogens (tertiary/aromatic N) is 2. The molecule has 1 amide bonds. The fraction of sp³-hybridized carbons (Fsp3) is 0.542. The van der Waals surface area contributed by atoms with Crippen molar-refractivity contribution >= 4 is 17.2 Å². The minimum absolute atomic E-state index is 0.116. The highest BCUT2D eigenvalue weighted by atomic mass is 32.1. The van der Waals surface area contributed by atoms with Crippen LogP contribution >= 0.6 is 11.3 Å². The molecule has 1 aromatic carbocycles. The largest absolute Gasteiger partial charge is 0.487 e. The van der Waals surface area contributed by atoms with Crippen LogP contribution in [0.1, 0.15) is 55.6 Å². The first-order valence-electron chi connectivity index (χ1n) is 11.0. The van der Waals surface area contributed by atoms with Crippen molar-refractivity contribution in [2.45, 2.75) is 56.6 Å². The van der Waals surface area contributed by atoms with Crippen LogP contribution in [-0.4, -0.2) is 47.5 Å². The summed E-state index contributed by atoms with van der Waals surface area (Å²) in [5.41, 5.74) is 2.52.